The Hall–Kier alpha value is -1.85. The molecule has 0 spiro atoms. The highest BCUT2D eigenvalue weighted by molar-refractivity contribution is 6.12. The predicted molar refractivity (Wildman–Crippen MR) is 42.4 cm³/mol. The summed E-state index contributed by atoms with van der Waals surface area (Å²) in [6, 6.07) is 0. The average molecular weight is 187 g/mol. The Bertz CT molecular complexity index is 256. The second-order valence-electron chi connectivity index (χ2n) is 1.86. The van der Waals surface area contributed by atoms with E-state index >= 15 is 0 Å². The SMILES string of the molecule is COC(=O)/C=C(\C=N\O)C(=O)OC. The molecule has 6 nitrogen and oxygen atoms in total. The van der Waals surface area contributed by atoms with Crippen molar-refractivity contribution in [2.24, 2.45) is 5.16 Å². The highest BCUT2D eigenvalue weighted by Gasteiger charge is 2.09. The van der Waals surface area contributed by atoms with Gasteiger partial charge in [-0.25, -0.2) is 9.59 Å². The van der Waals surface area contributed by atoms with Gasteiger partial charge in [0.05, 0.1) is 26.0 Å². The minimum Gasteiger partial charge on any atom is -0.466 e. The monoisotopic (exact) mass is 187 g/mol. The van der Waals surface area contributed by atoms with Gasteiger partial charge in [0.2, 0.25) is 0 Å². The third kappa shape index (κ3) is 3.90. The van der Waals surface area contributed by atoms with E-state index in [1.165, 1.54) is 0 Å². The van der Waals surface area contributed by atoms with Crippen LogP contribution in [0.1, 0.15) is 0 Å². The number of ether oxygens (including phenoxy) is 2. The number of methoxy groups -OCH3 is 2. The van der Waals surface area contributed by atoms with Crippen LogP contribution < -0.4 is 0 Å². The summed E-state index contributed by atoms with van der Waals surface area (Å²) in [6.07, 6.45) is 1.63. The summed E-state index contributed by atoms with van der Waals surface area (Å²) in [5, 5.41) is 10.7. The number of esters is 2. The molecule has 0 saturated heterocycles. The molecule has 1 N–H and O–H groups in total. The van der Waals surface area contributed by atoms with E-state index in [4.69, 9.17) is 5.21 Å². The van der Waals surface area contributed by atoms with Crippen LogP contribution in [0.2, 0.25) is 0 Å². The molecule has 0 unspecified atom stereocenters. The third-order valence-corrected chi connectivity index (χ3v) is 1.09. The number of carbonyl (C=O) groups excluding carboxylic acids is 2. The zero-order chi connectivity index (χ0) is 10.3. The second-order valence-corrected chi connectivity index (χ2v) is 1.86. The maximum atomic E-state index is 10.9. The van der Waals surface area contributed by atoms with Gasteiger partial charge in [-0.2, -0.15) is 0 Å². The van der Waals surface area contributed by atoms with E-state index < -0.39 is 11.9 Å². The molecule has 0 bridgehead atoms. The molecule has 0 aliphatic heterocycles. The van der Waals surface area contributed by atoms with Crippen molar-refractivity contribution in [3.8, 4) is 0 Å². The van der Waals surface area contributed by atoms with Gasteiger partial charge in [-0.3, -0.25) is 0 Å². The quantitative estimate of drug-likeness (QED) is 0.216. The van der Waals surface area contributed by atoms with Crippen LogP contribution in [0.4, 0.5) is 0 Å². The van der Waals surface area contributed by atoms with E-state index in [1.807, 2.05) is 0 Å². The van der Waals surface area contributed by atoms with Crippen LogP contribution in [0.3, 0.4) is 0 Å². The molecule has 0 aliphatic rings. The fourth-order valence-corrected chi connectivity index (χ4v) is 0.515. The van der Waals surface area contributed by atoms with Gasteiger partial charge >= 0.3 is 11.9 Å². The van der Waals surface area contributed by atoms with Crippen molar-refractivity contribution in [1.82, 2.24) is 0 Å². The van der Waals surface area contributed by atoms with Gasteiger partial charge in [0.15, 0.2) is 0 Å². The first kappa shape index (κ1) is 11.2. The first-order chi connectivity index (χ1) is 6.15. The molecule has 0 aromatic heterocycles. The van der Waals surface area contributed by atoms with Gasteiger partial charge in [0, 0.05) is 6.08 Å². The maximum Gasteiger partial charge on any atom is 0.339 e. The molecule has 0 radical (unpaired) electrons. The zero-order valence-electron chi connectivity index (χ0n) is 7.18. The van der Waals surface area contributed by atoms with Crippen LogP contribution >= 0.6 is 0 Å². The van der Waals surface area contributed by atoms with E-state index in [0.717, 1.165) is 26.5 Å². The van der Waals surface area contributed by atoms with Crippen LogP contribution in [0, 0.1) is 0 Å². The minimum atomic E-state index is -0.789. The number of oxime groups is 1. The standard InChI is InChI=1S/C7H9NO5/c1-12-6(9)3-5(4-8-11)7(10)13-2/h3-4,11H,1-2H3/b5-3+,8-4+. The molecule has 6 heteroatoms. The lowest BCUT2D eigenvalue weighted by atomic mass is 10.3. The van der Waals surface area contributed by atoms with Crippen LogP contribution in [0.25, 0.3) is 0 Å². The fraction of sp³-hybridized carbons (Fsp3) is 0.286. The number of rotatable bonds is 3. The predicted octanol–water partition coefficient (Wildman–Crippen LogP) is -0.281. The average Bonchev–Trinajstić information content (AvgIpc) is 2.15. The van der Waals surface area contributed by atoms with E-state index in [0.29, 0.717) is 0 Å². The van der Waals surface area contributed by atoms with Crippen molar-refractivity contribution in [2.75, 3.05) is 14.2 Å². The summed E-state index contributed by atoms with van der Waals surface area (Å²) in [5.41, 5.74) is -0.197. The lowest BCUT2D eigenvalue weighted by Gasteiger charge is -1.97. The van der Waals surface area contributed by atoms with Crippen molar-refractivity contribution in [3.63, 3.8) is 0 Å². The molecule has 0 aromatic rings. The summed E-state index contributed by atoms with van der Waals surface area (Å²) in [7, 11) is 2.29. The molecule has 0 amide bonds. The highest BCUT2D eigenvalue weighted by Crippen LogP contribution is 1.94. The summed E-state index contributed by atoms with van der Waals surface area (Å²) in [4.78, 5) is 21.5. The summed E-state index contributed by atoms with van der Waals surface area (Å²) >= 11 is 0. The largest absolute Gasteiger partial charge is 0.466 e. The summed E-state index contributed by atoms with van der Waals surface area (Å²) in [5.74, 6) is -1.52. The van der Waals surface area contributed by atoms with Crippen molar-refractivity contribution in [3.05, 3.63) is 11.6 Å². The smallest absolute Gasteiger partial charge is 0.339 e. The summed E-state index contributed by atoms with van der Waals surface area (Å²) in [6.45, 7) is 0. The molecule has 0 rings (SSSR count). The molecule has 0 saturated carbocycles. The Morgan fingerprint density at radius 2 is 1.92 bits per heavy atom. The van der Waals surface area contributed by atoms with Crippen molar-refractivity contribution >= 4 is 18.2 Å². The van der Waals surface area contributed by atoms with Crippen LogP contribution in [-0.2, 0) is 19.1 Å². The van der Waals surface area contributed by atoms with Gasteiger partial charge in [0.25, 0.3) is 0 Å². The van der Waals surface area contributed by atoms with E-state index in [1.54, 1.807) is 0 Å². The highest BCUT2D eigenvalue weighted by atomic mass is 16.5. The molecule has 0 heterocycles. The molecule has 0 aromatic carbocycles. The second kappa shape index (κ2) is 5.76. The lowest BCUT2D eigenvalue weighted by Crippen LogP contribution is -2.09. The molecule has 0 fully saturated rings. The van der Waals surface area contributed by atoms with Gasteiger partial charge in [0.1, 0.15) is 0 Å². The van der Waals surface area contributed by atoms with E-state index in [9.17, 15) is 9.59 Å². The Labute approximate surface area is 74.4 Å². The molecule has 72 valence electrons. The van der Waals surface area contributed by atoms with Gasteiger partial charge in [-0.05, 0) is 0 Å². The maximum absolute atomic E-state index is 10.9. The van der Waals surface area contributed by atoms with Gasteiger partial charge in [-0.1, -0.05) is 5.16 Å². The van der Waals surface area contributed by atoms with Crippen molar-refractivity contribution in [1.29, 1.82) is 0 Å². The third-order valence-electron chi connectivity index (χ3n) is 1.09. The first-order valence-electron chi connectivity index (χ1n) is 3.21. The Morgan fingerprint density at radius 3 is 2.31 bits per heavy atom. The molecular weight excluding hydrogens is 178 g/mol. The topological polar surface area (TPSA) is 85.2 Å². The van der Waals surface area contributed by atoms with E-state index in [-0.39, 0.29) is 5.57 Å². The molecule has 0 atom stereocenters. The van der Waals surface area contributed by atoms with Crippen molar-refractivity contribution in [2.45, 2.75) is 0 Å². The number of nitrogens with zero attached hydrogens (tertiary/aromatic N) is 1. The number of carbonyl (C=O) groups is 2. The Morgan fingerprint density at radius 1 is 1.31 bits per heavy atom. The molecular formula is C7H9NO5. The van der Waals surface area contributed by atoms with Gasteiger partial charge in [-0.15, -0.1) is 0 Å². The number of hydrogen-bond donors (Lipinski definition) is 1. The van der Waals surface area contributed by atoms with Crippen molar-refractivity contribution < 1.29 is 24.3 Å². The van der Waals surface area contributed by atoms with Crippen LogP contribution in [0.15, 0.2) is 16.8 Å². The minimum absolute atomic E-state index is 0.197. The van der Waals surface area contributed by atoms with Crippen LogP contribution in [-0.4, -0.2) is 37.6 Å². The van der Waals surface area contributed by atoms with E-state index in [2.05, 4.69) is 14.6 Å². The first-order valence-corrected chi connectivity index (χ1v) is 3.21. The zero-order valence-corrected chi connectivity index (χ0v) is 7.18. The Kier molecular flexibility index (Phi) is 4.94. The normalized spacial score (nSPS) is 11.4. The van der Waals surface area contributed by atoms with Crippen LogP contribution in [0.5, 0.6) is 0 Å². The molecule has 13 heavy (non-hydrogen) atoms. The molecule has 0 aliphatic carbocycles. The van der Waals surface area contributed by atoms with Gasteiger partial charge < -0.3 is 14.7 Å². The lowest BCUT2D eigenvalue weighted by molar-refractivity contribution is -0.138. The summed E-state index contributed by atoms with van der Waals surface area (Å²) < 4.78 is 8.55. The Balaban J connectivity index is 4.69. The fourth-order valence-electron chi connectivity index (χ4n) is 0.515. The number of hydrogen-bond acceptors (Lipinski definition) is 6.